The first-order valence-electron chi connectivity index (χ1n) is 6.46. The molecule has 0 amide bonds. The van der Waals surface area contributed by atoms with Crippen molar-refractivity contribution >= 4 is 17.0 Å². The number of carbonyl (C=O) groups is 1. The van der Waals surface area contributed by atoms with Crippen molar-refractivity contribution in [2.45, 2.75) is 19.4 Å². The van der Waals surface area contributed by atoms with E-state index in [1.54, 1.807) is 0 Å². The van der Waals surface area contributed by atoms with E-state index >= 15 is 0 Å². The quantitative estimate of drug-likeness (QED) is 0.783. The van der Waals surface area contributed by atoms with Crippen LogP contribution in [0, 0.1) is 18.8 Å². The molecule has 1 aromatic carbocycles. The van der Waals surface area contributed by atoms with Gasteiger partial charge < -0.3 is 15.4 Å². The molecule has 2 aromatic rings. The molecule has 1 heterocycles. The molecule has 0 radical (unpaired) electrons. The Morgan fingerprint density at radius 3 is 3.00 bits per heavy atom. The Kier molecular flexibility index (Phi) is 2.78. The van der Waals surface area contributed by atoms with E-state index in [1.807, 2.05) is 26.1 Å². The van der Waals surface area contributed by atoms with Crippen LogP contribution in [0.15, 0.2) is 18.2 Å². The Hall–Kier alpha value is -1.88. The SMILES string of the molecule is CNC(c1ccc2nc(C)[nH]c2c1)C1CC1C(=O)O. The Bertz CT molecular complexity index is 635. The molecule has 1 aliphatic rings. The topological polar surface area (TPSA) is 78.0 Å². The van der Waals surface area contributed by atoms with Gasteiger partial charge in [-0.2, -0.15) is 0 Å². The molecule has 0 spiro atoms. The summed E-state index contributed by atoms with van der Waals surface area (Å²) in [6.45, 7) is 1.93. The van der Waals surface area contributed by atoms with Crippen molar-refractivity contribution in [3.05, 3.63) is 29.6 Å². The van der Waals surface area contributed by atoms with Crippen molar-refractivity contribution in [3.63, 3.8) is 0 Å². The first-order chi connectivity index (χ1) is 9.10. The summed E-state index contributed by atoms with van der Waals surface area (Å²) in [6.07, 6.45) is 0.751. The highest BCUT2D eigenvalue weighted by Crippen LogP contribution is 2.47. The average molecular weight is 259 g/mol. The van der Waals surface area contributed by atoms with Crippen LogP contribution in [0.25, 0.3) is 11.0 Å². The van der Waals surface area contributed by atoms with Gasteiger partial charge in [0.05, 0.1) is 17.0 Å². The number of hydrogen-bond donors (Lipinski definition) is 3. The molecule has 100 valence electrons. The predicted octanol–water partition coefficient (Wildman–Crippen LogP) is 1.85. The number of hydrogen-bond acceptors (Lipinski definition) is 3. The minimum atomic E-state index is -0.691. The minimum absolute atomic E-state index is 0.0918. The van der Waals surface area contributed by atoms with Gasteiger partial charge in [-0.25, -0.2) is 4.98 Å². The molecule has 5 heteroatoms. The lowest BCUT2D eigenvalue weighted by atomic mass is 10.0. The van der Waals surface area contributed by atoms with E-state index in [0.717, 1.165) is 28.8 Å². The van der Waals surface area contributed by atoms with Gasteiger partial charge in [-0.05, 0) is 44.0 Å². The molecule has 3 rings (SSSR count). The normalized spacial score (nSPS) is 23.5. The maximum absolute atomic E-state index is 11.0. The molecule has 1 saturated carbocycles. The van der Waals surface area contributed by atoms with Gasteiger partial charge in [0.15, 0.2) is 0 Å². The highest BCUT2D eigenvalue weighted by molar-refractivity contribution is 5.76. The summed E-state index contributed by atoms with van der Waals surface area (Å²) in [7, 11) is 1.88. The summed E-state index contributed by atoms with van der Waals surface area (Å²) in [4.78, 5) is 18.6. The summed E-state index contributed by atoms with van der Waals surface area (Å²) >= 11 is 0. The van der Waals surface area contributed by atoms with Gasteiger partial charge in [0, 0.05) is 6.04 Å². The molecular formula is C14H17N3O2. The maximum atomic E-state index is 11.0. The fourth-order valence-electron chi connectivity index (χ4n) is 2.84. The van der Waals surface area contributed by atoms with E-state index in [1.165, 1.54) is 0 Å². The zero-order valence-corrected chi connectivity index (χ0v) is 11.0. The maximum Gasteiger partial charge on any atom is 0.306 e. The molecule has 19 heavy (non-hydrogen) atoms. The van der Waals surface area contributed by atoms with Gasteiger partial charge in [-0.15, -0.1) is 0 Å². The van der Waals surface area contributed by atoms with Crippen LogP contribution in [0.1, 0.15) is 23.9 Å². The van der Waals surface area contributed by atoms with Crippen LogP contribution in [0.2, 0.25) is 0 Å². The summed E-state index contributed by atoms with van der Waals surface area (Å²) in [6, 6.07) is 6.17. The lowest BCUT2D eigenvalue weighted by Crippen LogP contribution is -2.20. The second-order valence-corrected chi connectivity index (χ2v) is 5.21. The molecule has 3 unspecified atom stereocenters. The van der Waals surface area contributed by atoms with Gasteiger partial charge in [-0.3, -0.25) is 4.79 Å². The average Bonchev–Trinajstić information content (AvgIpc) is 3.05. The van der Waals surface area contributed by atoms with Gasteiger partial charge in [0.2, 0.25) is 0 Å². The number of aliphatic carboxylic acids is 1. The van der Waals surface area contributed by atoms with Crippen molar-refractivity contribution in [1.82, 2.24) is 15.3 Å². The third-order valence-corrected chi connectivity index (χ3v) is 3.88. The number of fused-ring (bicyclic) bond motifs is 1. The number of imidazole rings is 1. The van der Waals surface area contributed by atoms with Crippen LogP contribution in [0.5, 0.6) is 0 Å². The molecule has 0 aliphatic heterocycles. The van der Waals surface area contributed by atoms with E-state index in [9.17, 15) is 4.79 Å². The molecule has 1 fully saturated rings. The standard InChI is InChI=1S/C14H17N3O2/c1-7-16-11-4-3-8(5-12(11)17-7)13(15-2)9-6-10(9)14(18)19/h3-5,9-10,13,15H,6H2,1-2H3,(H,16,17)(H,18,19). The second kappa shape index (κ2) is 4.35. The number of aromatic amines is 1. The number of aryl methyl sites for hydroxylation is 1. The van der Waals surface area contributed by atoms with Gasteiger partial charge >= 0.3 is 5.97 Å². The number of benzene rings is 1. The first kappa shape index (κ1) is 12.2. The van der Waals surface area contributed by atoms with Crippen molar-refractivity contribution in [3.8, 4) is 0 Å². The summed E-state index contributed by atoms with van der Waals surface area (Å²) in [5, 5.41) is 12.3. The molecule has 0 saturated heterocycles. The van der Waals surface area contributed by atoms with Crippen LogP contribution < -0.4 is 5.32 Å². The molecule has 3 atom stereocenters. The Labute approximate surface area is 111 Å². The monoisotopic (exact) mass is 259 g/mol. The Morgan fingerprint density at radius 2 is 2.37 bits per heavy atom. The third kappa shape index (κ3) is 2.10. The van der Waals surface area contributed by atoms with Crippen LogP contribution in [-0.4, -0.2) is 28.1 Å². The van der Waals surface area contributed by atoms with Crippen LogP contribution in [-0.2, 0) is 4.79 Å². The van der Waals surface area contributed by atoms with E-state index in [-0.39, 0.29) is 17.9 Å². The number of carboxylic acid groups (broad SMARTS) is 1. The summed E-state index contributed by atoms with van der Waals surface area (Å²) in [5.74, 6) is 0.173. The van der Waals surface area contributed by atoms with E-state index < -0.39 is 5.97 Å². The first-order valence-corrected chi connectivity index (χ1v) is 6.46. The molecule has 1 aromatic heterocycles. The third-order valence-electron chi connectivity index (χ3n) is 3.88. The second-order valence-electron chi connectivity index (χ2n) is 5.21. The van der Waals surface area contributed by atoms with E-state index in [0.29, 0.717) is 0 Å². The highest BCUT2D eigenvalue weighted by Gasteiger charge is 2.47. The number of rotatable bonds is 4. The fraction of sp³-hybridized carbons (Fsp3) is 0.429. The number of nitrogens with one attached hydrogen (secondary N) is 2. The molecule has 1 aliphatic carbocycles. The Balaban J connectivity index is 1.91. The largest absolute Gasteiger partial charge is 0.481 e. The van der Waals surface area contributed by atoms with Crippen LogP contribution in [0.4, 0.5) is 0 Å². The van der Waals surface area contributed by atoms with Gasteiger partial charge in [-0.1, -0.05) is 6.07 Å². The van der Waals surface area contributed by atoms with Crippen LogP contribution in [0.3, 0.4) is 0 Å². The van der Waals surface area contributed by atoms with Crippen molar-refractivity contribution in [2.75, 3.05) is 7.05 Å². The zero-order chi connectivity index (χ0) is 13.6. The van der Waals surface area contributed by atoms with Crippen LogP contribution >= 0.6 is 0 Å². The summed E-state index contributed by atoms with van der Waals surface area (Å²) < 4.78 is 0. The highest BCUT2D eigenvalue weighted by atomic mass is 16.4. The molecule has 3 N–H and O–H groups in total. The number of H-pyrrole nitrogens is 1. The minimum Gasteiger partial charge on any atom is -0.481 e. The fourth-order valence-corrected chi connectivity index (χ4v) is 2.84. The molecule has 0 bridgehead atoms. The van der Waals surface area contributed by atoms with E-state index in [4.69, 9.17) is 5.11 Å². The van der Waals surface area contributed by atoms with E-state index in [2.05, 4.69) is 21.4 Å². The van der Waals surface area contributed by atoms with Crippen molar-refractivity contribution in [2.24, 2.45) is 11.8 Å². The Morgan fingerprint density at radius 1 is 1.58 bits per heavy atom. The number of aromatic nitrogens is 2. The summed E-state index contributed by atoms with van der Waals surface area (Å²) in [5.41, 5.74) is 3.07. The molecular weight excluding hydrogens is 242 g/mol. The van der Waals surface area contributed by atoms with Gasteiger partial charge in [0.25, 0.3) is 0 Å². The van der Waals surface area contributed by atoms with Gasteiger partial charge in [0.1, 0.15) is 5.82 Å². The smallest absolute Gasteiger partial charge is 0.306 e. The number of carboxylic acids is 1. The lowest BCUT2D eigenvalue weighted by molar-refractivity contribution is -0.138. The molecule has 5 nitrogen and oxygen atoms in total. The predicted molar refractivity (Wildman–Crippen MR) is 71.9 cm³/mol. The van der Waals surface area contributed by atoms with Crippen molar-refractivity contribution in [1.29, 1.82) is 0 Å². The zero-order valence-electron chi connectivity index (χ0n) is 11.0. The lowest BCUT2D eigenvalue weighted by Gasteiger charge is -2.16. The number of nitrogens with zero attached hydrogens (tertiary/aromatic N) is 1. The van der Waals surface area contributed by atoms with Crippen molar-refractivity contribution < 1.29 is 9.90 Å².